The highest BCUT2D eigenvalue weighted by Gasteiger charge is 2.24. The maximum Gasteiger partial charge on any atom is 0.331 e. The standard InChI is InChI=1S/C15H24O6/c1-2-3-4-5-6-7-8-11(14(18)19)9-12(15(20)21)10-13(16)17/h8,12H,2-7,9-10H2,1H3,(H,16,17)(H,18,19)(H,20,21)/b11-8-. The predicted octanol–water partition coefficient (Wildman–Crippen LogP) is 2.92. The Labute approximate surface area is 124 Å². The molecular weight excluding hydrogens is 276 g/mol. The lowest BCUT2D eigenvalue weighted by molar-refractivity contribution is -0.148. The van der Waals surface area contributed by atoms with E-state index in [9.17, 15) is 14.4 Å². The van der Waals surface area contributed by atoms with Crippen LogP contribution in [0.3, 0.4) is 0 Å². The van der Waals surface area contributed by atoms with Gasteiger partial charge < -0.3 is 15.3 Å². The molecule has 21 heavy (non-hydrogen) atoms. The largest absolute Gasteiger partial charge is 0.481 e. The van der Waals surface area contributed by atoms with Crippen molar-refractivity contribution in [1.82, 2.24) is 0 Å². The highest BCUT2D eigenvalue weighted by molar-refractivity contribution is 5.88. The molecule has 0 aromatic rings. The summed E-state index contributed by atoms with van der Waals surface area (Å²) in [6, 6.07) is 0. The monoisotopic (exact) mass is 300 g/mol. The summed E-state index contributed by atoms with van der Waals surface area (Å²) < 4.78 is 0. The quantitative estimate of drug-likeness (QED) is 0.377. The second kappa shape index (κ2) is 10.9. The second-order valence-corrected chi connectivity index (χ2v) is 5.07. The van der Waals surface area contributed by atoms with E-state index < -0.39 is 30.2 Å². The average Bonchev–Trinajstić information content (AvgIpc) is 2.39. The summed E-state index contributed by atoms with van der Waals surface area (Å²) in [5, 5.41) is 26.7. The van der Waals surface area contributed by atoms with Gasteiger partial charge in [-0.25, -0.2) is 4.79 Å². The fourth-order valence-electron chi connectivity index (χ4n) is 2.01. The Morgan fingerprint density at radius 1 is 0.952 bits per heavy atom. The van der Waals surface area contributed by atoms with E-state index in [2.05, 4.69) is 6.92 Å². The van der Waals surface area contributed by atoms with E-state index in [1.807, 2.05) is 0 Å². The van der Waals surface area contributed by atoms with Crippen LogP contribution in [0, 0.1) is 5.92 Å². The Bertz CT molecular complexity index is 386. The fourth-order valence-corrected chi connectivity index (χ4v) is 2.01. The second-order valence-electron chi connectivity index (χ2n) is 5.07. The predicted molar refractivity (Wildman–Crippen MR) is 77.1 cm³/mol. The summed E-state index contributed by atoms with van der Waals surface area (Å²) in [5.74, 6) is -4.91. The van der Waals surface area contributed by atoms with Gasteiger partial charge in [0.15, 0.2) is 0 Å². The molecule has 0 saturated carbocycles. The molecule has 6 heteroatoms. The number of hydrogen-bond acceptors (Lipinski definition) is 3. The minimum Gasteiger partial charge on any atom is -0.481 e. The third-order valence-electron chi connectivity index (χ3n) is 3.21. The van der Waals surface area contributed by atoms with E-state index in [0.717, 1.165) is 32.1 Å². The Kier molecular flexibility index (Phi) is 9.92. The molecule has 6 nitrogen and oxygen atoms in total. The van der Waals surface area contributed by atoms with E-state index in [-0.39, 0.29) is 12.0 Å². The Morgan fingerprint density at radius 2 is 1.57 bits per heavy atom. The van der Waals surface area contributed by atoms with Crippen molar-refractivity contribution in [2.45, 2.75) is 58.3 Å². The van der Waals surface area contributed by atoms with Crippen LogP contribution >= 0.6 is 0 Å². The molecule has 0 aliphatic carbocycles. The zero-order chi connectivity index (χ0) is 16.3. The highest BCUT2D eigenvalue weighted by atomic mass is 16.4. The molecule has 0 bridgehead atoms. The van der Waals surface area contributed by atoms with E-state index in [1.165, 1.54) is 6.08 Å². The molecule has 0 heterocycles. The van der Waals surface area contributed by atoms with Crippen molar-refractivity contribution in [2.24, 2.45) is 5.92 Å². The first-order valence-corrected chi connectivity index (χ1v) is 7.25. The van der Waals surface area contributed by atoms with Crippen molar-refractivity contribution in [3.8, 4) is 0 Å². The van der Waals surface area contributed by atoms with Gasteiger partial charge in [0.25, 0.3) is 0 Å². The molecule has 0 fully saturated rings. The maximum absolute atomic E-state index is 11.1. The number of rotatable bonds is 12. The molecule has 0 rings (SSSR count). The Hall–Kier alpha value is -1.85. The van der Waals surface area contributed by atoms with Crippen LogP contribution in [0.4, 0.5) is 0 Å². The third kappa shape index (κ3) is 9.65. The summed E-state index contributed by atoms with van der Waals surface area (Å²) in [6.07, 6.45) is 6.51. The molecule has 3 N–H and O–H groups in total. The van der Waals surface area contributed by atoms with Gasteiger partial charge >= 0.3 is 17.9 Å². The SMILES string of the molecule is CCCCCCC/C=C(/CC(CC(=O)O)C(=O)O)C(=O)O. The van der Waals surface area contributed by atoms with E-state index in [0.29, 0.717) is 6.42 Å². The molecule has 0 aliphatic heterocycles. The van der Waals surface area contributed by atoms with E-state index in [4.69, 9.17) is 15.3 Å². The number of carboxylic acid groups (broad SMARTS) is 3. The molecule has 1 unspecified atom stereocenters. The van der Waals surface area contributed by atoms with Crippen LogP contribution in [-0.4, -0.2) is 33.2 Å². The smallest absolute Gasteiger partial charge is 0.331 e. The van der Waals surface area contributed by atoms with Gasteiger partial charge in [-0.1, -0.05) is 38.7 Å². The number of aliphatic carboxylic acids is 3. The van der Waals surface area contributed by atoms with Gasteiger partial charge in [-0.2, -0.15) is 0 Å². The van der Waals surface area contributed by atoms with Crippen molar-refractivity contribution in [3.63, 3.8) is 0 Å². The van der Waals surface area contributed by atoms with Crippen LogP contribution in [0.25, 0.3) is 0 Å². The summed E-state index contributed by atoms with van der Waals surface area (Å²) in [5.41, 5.74) is -0.0147. The van der Waals surface area contributed by atoms with Gasteiger partial charge in [0.1, 0.15) is 0 Å². The van der Waals surface area contributed by atoms with Crippen molar-refractivity contribution >= 4 is 17.9 Å². The summed E-state index contributed by atoms with van der Waals surface area (Å²) in [6.45, 7) is 2.11. The van der Waals surface area contributed by atoms with Gasteiger partial charge in [0.2, 0.25) is 0 Å². The fraction of sp³-hybridized carbons (Fsp3) is 0.667. The van der Waals surface area contributed by atoms with Gasteiger partial charge in [-0.05, 0) is 19.3 Å². The van der Waals surface area contributed by atoms with Gasteiger partial charge in [-0.3, -0.25) is 9.59 Å². The number of unbranched alkanes of at least 4 members (excludes halogenated alkanes) is 5. The van der Waals surface area contributed by atoms with Crippen molar-refractivity contribution in [3.05, 3.63) is 11.6 Å². The van der Waals surface area contributed by atoms with Crippen LogP contribution in [0.15, 0.2) is 11.6 Å². The first-order valence-electron chi connectivity index (χ1n) is 7.25. The molecule has 0 saturated heterocycles. The van der Waals surface area contributed by atoms with Gasteiger partial charge in [0, 0.05) is 5.57 Å². The zero-order valence-corrected chi connectivity index (χ0v) is 12.4. The van der Waals surface area contributed by atoms with Crippen LogP contribution in [-0.2, 0) is 14.4 Å². The first kappa shape index (κ1) is 19.1. The number of allylic oxidation sites excluding steroid dienone is 1. The molecule has 0 spiro atoms. The molecule has 0 aliphatic rings. The van der Waals surface area contributed by atoms with Crippen LogP contribution in [0.2, 0.25) is 0 Å². The number of carboxylic acids is 3. The Balaban J connectivity index is 4.48. The lowest BCUT2D eigenvalue weighted by Gasteiger charge is -2.10. The zero-order valence-electron chi connectivity index (χ0n) is 12.4. The molecule has 0 aromatic heterocycles. The molecule has 0 radical (unpaired) electrons. The maximum atomic E-state index is 11.1. The van der Waals surface area contributed by atoms with Gasteiger partial charge in [0.05, 0.1) is 12.3 Å². The average molecular weight is 300 g/mol. The van der Waals surface area contributed by atoms with Crippen molar-refractivity contribution in [2.75, 3.05) is 0 Å². The minimum absolute atomic E-state index is 0.0147. The lowest BCUT2D eigenvalue weighted by atomic mass is 9.95. The summed E-state index contributed by atoms with van der Waals surface area (Å²) in [7, 11) is 0. The normalized spacial score (nSPS) is 12.9. The van der Waals surface area contributed by atoms with E-state index >= 15 is 0 Å². The number of carbonyl (C=O) groups is 3. The first-order chi connectivity index (χ1) is 9.88. The molecule has 0 amide bonds. The molecule has 1 atom stereocenters. The number of hydrogen-bond donors (Lipinski definition) is 3. The van der Waals surface area contributed by atoms with Crippen molar-refractivity contribution in [1.29, 1.82) is 0 Å². The van der Waals surface area contributed by atoms with Crippen LogP contribution in [0.1, 0.15) is 58.3 Å². The third-order valence-corrected chi connectivity index (χ3v) is 3.21. The van der Waals surface area contributed by atoms with Crippen LogP contribution < -0.4 is 0 Å². The van der Waals surface area contributed by atoms with Crippen LogP contribution in [0.5, 0.6) is 0 Å². The minimum atomic E-state index is -1.28. The topological polar surface area (TPSA) is 112 Å². The summed E-state index contributed by atoms with van der Waals surface area (Å²) in [4.78, 5) is 32.7. The van der Waals surface area contributed by atoms with Gasteiger partial charge in [-0.15, -0.1) is 0 Å². The molecule has 120 valence electrons. The van der Waals surface area contributed by atoms with Crippen molar-refractivity contribution < 1.29 is 29.7 Å². The molecular formula is C15H24O6. The van der Waals surface area contributed by atoms with E-state index in [1.54, 1.807) is 0 Å². The molecule has 0 aromatic carbocycles. The summed E-state index contributed by atoms with van der Waals surface area (Å²) >= 11 is 0. The lowest BCUT2D eigenvalue weighted by Crippen LogP contribution is -2.20. The Morgan fingerprint density at radius 3 is 2.05 bits per heavy atom. The highest BCUT2D eigenvalue weighted by Crippen LogP contribution is 2.18.